The third-order valence-electron chi connectivity index (χ3n) is 1.01. The van der Waals surface area contributed by atoms with Gasteiger partial charge >= 0.3 is 0 Å². The quantitative estimate of drug-likeness (QED) is 0.694. The average Bonchev–Trinajstić information content (AvgIpc) is 1.97. The first-order valence-corrected chi connectivity index (χ1v) is 5.87. The molecule has 0 aliphatic heterocycles. The van der Waals surface area contributed by atoms with Gasteiger partial charge in [0, 0.05) is 12.3 Å². The molecule has 66 valence electrons. The van der Waals surface area contributed by atoms with Gasteiger partial charge in [0.15, 0.2) is 0 Å². The molecule has 1 N–H and O–H groups in total. The van der Waals surface area contributed by atoms with Gasteiger partial charge in [0.25, 0.3) is 5.24 Å². The first kappa shape index (κ1) is 11.2. The van der Waals surface area contributed by atoms with E-state index in [0.29, 0.717) is 5.25 Å². The number of hydrogen-bond donors (Lipinski definition) is 1. The highest BCUT2D eigenvalue weighted by Gasteiger charge is 1.97. The van der Waals surface area contributed by atoms with Gasteiger partial charge in [0.05, 0.1) is 0 Å². The van der Waals surface area contributed by atoms with E-state index < -0.39 is 0 Å². The van der Waals surface area contributed by atoms with Crippen molar-refractivity contribution >= 4 is 28.8 Å². The van der Waals surface area contributed by atoms with E-state index in [2.05, 4.69) is 19.2 Å². The van der Waals surface area contributed by atoms with Crippen LogP contribution in [0.1, 0.15) is 13.8 Å². The number of amides is 1. The summed E-state index contributed by atoms with van der Waals surface area (Å²) in [6, 6.07) is 0. The Hall–Kier alpha value is 0.170. The number of rotatable bonds is 4. The highest BCUT2D eigenvalue weighted by molar-refractivity contribution is 8.12. The zero-order chi connectivity index (χ0) is 8.69. The molecule has 0 saturated heterocycles. The van der Waals surface area contributed by atoms with Crippen LogP contribution in [0.3, 0.4) is 0 Å². The van der Waals surface area contributed by atoms with Gasteiger partial charge in [0.1, 0.15) is 0 Å². The summed E-state index contributed by atoms with van der Waals surface area (Å²) < 4.78 is 0. The molecule has 11 heavy (non-hydrogen) atoms. The van der Waals surface area contributed by atoms with Crippen LogP contribution in [0.15, 0.2) is 0 Å². The lowest BCUT2D eigenvalue weighted by Gasteiger charge is -2.04. The Morgan fingerprint density at radius 2 is 2.18 bits per heavy atom. The molecule has 0 aromatic heterocycles. The summed E-state index contributed by atoms with van der Waals surface area (Å²) in [7, 11) is 0. The topological polar surface area (TPSA) is 29.1 Å². The molecular formula is C7H15NOS2. The second kappa shape index (κ2) is 6.85. The van der Waals surface area contributed by atoms with Crippen molar-refractivity contribution in [3.63, 3.8) is 0 Å². The van der Waals surface area contributed by atoms with Crippen molar-refractivity contribution in [3.05, 3.63) is 0 Å². The molecule has 0 aliphatic rings. The molecule has 0 bridgehead atoms. The largest absolute Gasteiger partial charge is 0.346 e. The number of carbonyl (C=O) groups is 1. The summed E-state index contributed by atoms with van der Waals surface area (Å²) in [4.78, 5) is 10.7. The fraction of sp³-hybridized carbons (Fsp3) is 0.857. The van der Waals surface area contributed by atoms with Crippen LogP contribution in [0.25, 0.3) is 0 Å². The van der Waals surface area contributed by atoms with E-state index in [0.717, 1.165) is 12.3 Å². The second-order valence-electron chi connectivity index (χ2n) is 2.34. The molecule has 0 heterocycles. The molecule has 0 rings (SSSR count). The predicted octanol–water partition coefficient (Wildman–Crippen LogP) is 2.20. The monoisotopic (exact) mass is 193 g/mol. The number of thioether (sulfide) groups is 2. The summed E-state index contributed by atoms with van der Waals surface area (Å²) in [5.41, 5.74) is 0. The lowest BCUT2D eigenvalue weighted by Crippen LogP contribution is -2.21. The van der Waals surface area contributed by atoms with Gasteiger partial charge in [-0.2, -0.15) is 11.8 Å². The lowest BCUT2D eigenvalue weighted by atomic mass is 10.6. The van der Waals surface area contributed by atoms with Crippen LogP contribution in [-0.2, 0) is 0 Å². The normalized spacial score (nSPS) is 10.2. The zero-order valence-electron chi connectivity index (χ0n) is 7.22. The summed E-state index contributed by atoms with van der Waals surface area (Å²) in [5, 5.41) is 3.51. The van der Waals surface area contributed by atoms with Gasteiger partial charge < -0.3 is 5.32 Å². The molecule has 0 unspecified atom stereocenters. The smallest absolute Gasteiger partial charge is 0.278 e. The van der Waals surface area contributed by atoms with Crippen LogP contribution in [0.2, 0.25) is 0 Å². The third-order valence-corrected chi connectivity index (χ3v) is 2.63. The van der Waals surface area contributed by atoms with E-state index >= 15 is 0 Å². The Labute approximate surface area is 76.9 Å². The van der Waals surface area contributed by atoms with Crippen LogP contribution < -0.4 is 5.32 Å². The van der Waals surface area contributed by atoms with Crippen molar-refractivity contribution < 1.29 is 4.79 Å². The molecule has 2 nitrogen and oxygen atoms in total. The lowest BCUT2D eigenvalue weighted by molar-refractivity contribution is 0.261. The van der Waals surface area contributed by atoms with Gasteiger partial charge in [-0.1, -0.05) is 25.6 Å². The first-order valence-electron chi connectivity index (χ1n) is 3.60. The summed E-state index contributed by atoms with van der Waals surface area (Å²) in [5.74, 6) is 1.00. The highest BCUT2D eigenvalue weighted by Crippen LogP contribution is 2.07. The Bertz CT molecular complexity index is 117. The van der Waals surface area contributed by atoms with Gasteiger partial charge in [-0.3, -0.25) is 4.79 Å². The summed E-state index contributed by atoms with van der Waals surface area (Å²) in [6.07, 6.45) is 1.78. The molecule has 0 saturated carbocycles. The minimum atomic E-state index is 0.0642. The molecule has 0 fully saturated rings. The maximum Gasteiger partial charge on any atom is 0.278 e. The SMILES string of the molecule is CSC(=O)NCCSC(C)C. The van der Waals surface area contributed by atoms with Crippen molar-refractivity contribution in [2.75, 3.05) is 18.6 Å². The van der Waals surface area contributed by atoms with Crippen LogP contribution in [0.4, 0.5) is 4.79 Å². The fourth-order valence-electron chi connectivity index (χ4n) is 0.520. The molecule has 1 amide bonds. The molecule has 4 heteroatoms. The number of carbonyl (C=O) groups excluding carboxylic acids is 1. The minimum absolute atomic E-state index is 0.0642. The molecule has 0 atom stereocenters. The van der Waals surface area contributed by atoms with Crippen molar-refractivity contribution in [1.29, 1.82) is 0 Å². The second-order valence-corrected chi connectivity index (χ2v) is 4.80. The fourth-order valence-corrected chi connectivity index (χ4v) is 1.46. The van der Waals surface area contributed by atoms with Gasteiger partial charge in [-0.25, -0.2) is 0 Å². The standard InChI is InChI=1S/C7H15NOS2/c1-6(2)11-5-4-8-7(9)10-3/h6H,4-5H2,1-3H3,(H,8,9). The van der Waals surface area contributed by atoms with Crippen molar-refractivity contribution in [3.8, 4) is 0 Å². The molecule has 0 aliphatic carbocycles. The van der Waals surface area contributed by atoms with Crippen LogP contribution >= 0.6 is 23.5 Å². The Kier molecular flexibility index (Phi) is 6.96. The van der Waals surface area contributed by atoms with E-state index in [9.17, 15) is 4.79 Å². The van der Waals surface area contributed by atoms with Crippen molar-refractivity contribution in [2.45, 2.75) is 19.1 Å². The van der Waals surface area contributed by atoms with Gasteiger partial charge in [0.2, 0.25) is 0 Å². The first-order chi connectivity index (χ1) is 5.16. The van der Waals surface area contributed by atoms with Crippen LogP contribution in [0.5, 0.6) is 0 Å². The minimum Gasteiger partial charge on any atom is -0.346 e. The third kappa shape index (κ3) is 8.07. The van der Waals surface area contributed by atoms with Gasteiger partial charge in [-0.05, 0) is 11.5 Å². The number of hydrogen-bond acceptors (Lipinski definition) is 3. The van der Waals surface area contributed by atoms with Crippen molar-refractivity contribution in [2.24, 2.45) is 0 Å². The summed E-state index contributed by atoms with van der Waals surface area (Å²) in [6.45, 7) is 5.09. The molecular weight excluding hydrogens is 178 g/mol. The molecule has 0 aromatic carbocycles. The molecule has 0 spiro atoms. The van der Waals surface area contributed by atoms with E-state index in [-0.39, 0.29) is 5.24 Å². The molecule has 0 radical (unpaired) electrons. The molecule has 0 aromatic rings. The maximum absolute atomic E-state index is 10.7. The summed E-state index contributed by atoms with van der Waals surface area (Å²) >= 11 is 3.08. The van der Waals surface area contributed by atoms with E-state index in [1.807, 2.05) is 11.8 Å². The Morgan fingerprint density at radius 3 is 2.64 bits per heavy atom. The zero-order valence-corrected chi connectivity index (χ0v) is 8.85. The van der Waals surface area contributed by atoms with E-state index in [1.165, 1.54) is 11.8 Å². The van der Waals surface area contributed by atoms with E-state index in [1.54, 1.807) is 6.26 Å². The Morgan fingerprint density at radius 1 is 1.55 bits per heavy atom. The average molecular weight is 193 g/mol. The van der Waals surface area contributed by atoms with Crippen LogP contribution in [0, 0.1) is 0 Å². The highest BCUT2D eigenvalue weighted by atomic mass is 32.2. The van der Waals surface area contributed by atoms with Crippen molar-refractivity contribution in [1.82, 2.24) is 5.32 Å². The Balaban J connectivity index is 3.08. The van der Waals surface area contributed by atoms with Gasteiger partial charge in [-0.15, -0.1) is 0 Å². The number of nitrogens with one attached hydrogen (secondary N) is 1. The predicted molar refractivity (Wildman–Crippen MR) is 54.5 cm³/mol. The maximum atomic E-state index is 10.7. The van der Waals surface area contributed by atoms with Crippen LogP contribution in [-0.4, -0.2) is 29.0 Å². The van der Waals surface area contributed by atoms with E-state index in [4.69, 9.17) is 0 Å².